The molecule has 0 bridgehead atoms. The van der Waals surface area contributed by atoms with Crippen molar-refractivity contribution < 1.29 is 14.6 Å². The Morgan fingerprint density at radius 3 is 2.39 bits per heavy atom. The van der Waals surface area contributed by atoms with Crippen LogP contribution in [0.5, 0.6) is 0 Å². The Hall–Kier alpha value is -2.99. The molecule has 5 rings (SSSR count). The third-order valence-corrected chi connectivity index (χ3v) is 7.59. The van der Waals surface area contributed by atoms with E-state index in [0.717, 1.165) is 33.3 Å². The molecule has 31 heavy (non-hydrogen) atoms. The Bertz CT molecular complexity index is 1400. The van der Waals surface area contributed by atoms with Crippen molar-refractivity contribution >= 4 is 16.9 Å². The molecule has 0 spiro atoms. The van der Waals surface area contributed by atoms with E-state index in [-0.39, 0.29) is 18.6 Å². The second kappa shape index (κ2) is 6.26. The van der Waals surface area contributed by atoms with Crippen molar-refractivity contribution in [1.82, 2.24) is 9.55 Å². The zero-order chi connectivity index (χ0) is 22.4. The summed E-state index contributed by atoms with van der Waals surface area (Å²) < 4.78 is 6.85. The number of aliphatic hydroxyl groups is 1. The van der Waals surface area contributed by atoms with Crippen LogP contribution >= 0.6 is 0 Å². The summed E-state index contributed by atoms with van der Waals surface area (Å²) in [5, 5.41) is 12.2. The number of esters is 1. The van der Waals surface area contributed by atoms with Gasteiger partial charge in [-0.25, -0.2) is 9.78 Å². The van der Waals surface area contributed by atoms with E-state index in [2.05, 4.69) is 34.6 Å². The number of cyclic esters (lactones) is 1. The zero-order valence-corrected chi connectivity index (χ0v) is 18.8. The van der Waals surface area contributed by atoms with Crippen LogP contribution in [0.1, 0.15) is 57.9 Å². The molecule has 6 heteroatoms. The van der Waals surface area contributed by atoms with Crippen molar-refractivity contribution in [3.05, 3.63) is 60.9 Å². The molecule has 0 saturated carbocycles. The molecule has 1 unspecified atom stereocenters. The van der Waals surface area contributed by atoms with Crippen LogP contribution in [0.2, 0.25) is 0 Å². The highest BCUT2D eigenvalue weighted by Gasteiger charge is 2.45. The van der Waals surface area contributed by atoms with E-state index in [9.17, 15) is 14.7 Å². The Morgan fingerprint density at radius 2 is 1.71 bits per heavy atom. The molecule has 0 aliphatic carbocycles. The molecule has 2 aliphatic heterocycles. The number of carbonyl (C=O) groups is 1. The average molecular weight is 418 g/mol. The van der Waals surface area contributed by atoms with Crippen LogP contribution in [0.25, 0.3) is 22.3 Å². The van der Waals surface area contributed by atoms with Gasteiger partial charge in [0.15, 0.2) is 5.60 Å². The molecular formula is C25H26N2O4. The number of carbonyl (C=O) groups excluding carboxylic acids is 1. The maximum Gasteiger partial charge on any atom is 0.343 e. The number of pyridine rings is 2. The Morgan fingerprint density at radius 1 is 1.03 bits per heavy atom. The quantitative estimate of drug-likeness (QED) is 0.478. The first kappa shape index (κ1) is 19.9. The number of aromatic nitrogens is 2. The molecule has 0 saturated heterocycles. The Labute approximate surface area is 180 Å². The average Bonchev–Trinajstić information content (AvgIpc) is 3.13. The van der Waals surface area contributed by atoms with Gasteiger partial charge in [0.05, 0.1) is 29.0 Å². The van der Waals surface area contributed by atoms with Crippen LogP contribution < -0.4 is 5.56 Å². The van der Waals surface area contributed by atoms with Gasteiger partial charge >= 0.3 is 5.97 Å². The predicted molar refractivity (Wildman–Crippen MR) is 118 cm³/mol. The highest BCUT2D eigenvalue weighted by atomic mass is 16.6. The van der Waals surface area contributed by atoms with Gasteiger partial charge in [0.25, 0.3) is 5.56 Å². The maximum absolute atomic E-state index is 13.4. The summed E-state index contributed by atoms with van der Waals surface area (Å²) in [7, 11) is 0. The van der Waals surface area contributed by atoms with Crippen LogP contribution in [-0.4, -0.2) is 20.6 Å². The van der Waals surface area contributed by atoms with Crippen LogP contribution in [-0.2, 0) is 28.3 Å². The summed E-state index contributed by atoms with van der Waals surface area (Å²) in [6.45, 7) is 12.6. The molecule has 4 heterocycles. The third-order valence-electron chi connectivity index (χ3n) is 7.59. The largest absolute Gasteiger partial charge is 0.458 e. The number of ether oxygens (including phenoxy) is 1. The van der Waals surface area contributed by atoms with Crippen LogP contribution in [0.15, 0.2) is 10.9 Å². The fourth-order valence-corrected chi connectivity index (χ4v) is 5.22. The van der Waals surface area contributed by atoms with Gasteiger partial charge in [0.2, 0.25) is 0 Å². The molecule has 1 atom stereocenters. The lowest BCUT2D eigenvalue weighted by atomic mass is 9.86. The molecule has 160 valence electrons. The minimum atomic E-state index is -1.81. The number of rotatable bonds is 1. The van der Waals surface area contributed by atoms with Crippen molar-refractivity contribution in [1.29, 1.82) is 0 Å². The van der Waals surface area contributed by atoms with Gasteiger partial charge < -0.3 is 14.4 Å². The van der Waals surface area contributed by atoms with Crippen LogP contribution in [0.4, 0.5) is 0 Å². The van der Waals surface area contributed by atoms with Crippen molar-refractivity contribution in [3.8, 4) is 11.4 Å². The first-order valence-corrected chi connectivity index (χ1v) is 10.7. The highest BCUT2D eigenvalue weighted by molar-refractivity contribution is 5.94. The van der Waals surface area contributed by atoms with Gasteiger partial charge in [-0.2, -0.15) is 0 Å². The lowest BCUT2D eigenvalue weighted by Crippen LogP contribution is -2.44. The first-order valence-electron chi connectivity index (χ1n) is 10.7. The zero-order valence-electron chi connectivity index (χ0n) is 18.8. The van der Waals surface area contributed by atoms with E-state index in [0.29, 0.717) is 23.4 Å². The minimum absolute atomic E-state index is 0.114. The summed E-state index contributed by atoms with van der Waals surface area (Å²) in [5.41, 5.74) is 8.00. The van der Waals surface area contributed by atoms with Crippen molar-refractivity contribution in [2.75, 3.05) is 0 Å². The minimum Gasteiger partial charge on any atom is -0.458 e. The monoisotopic (exact) mass is 418 g/mol. The van der Waals surface area contributed by atoms with Crippen molar-refractivity contribution in [2.24, 2.45) is 0 Å². The summed E-state index contributed by atoms with van der Waals surface area (Å²) in [4.78, 5) is 30.8. The third kappa shape index (κ3) is 2.34. The summed E-state index contributed by atoms with van der Waals surface area (Å²) in [6, 6.07) is 1.77. The highest BCUT2D eigenvalue weighted by Crippen LogP contribution is 2.41. The number of hydrogen-bond donors (Lipinski definition) is 1. The van der Waals surface area contributed by atoms with E-state index in [1.807, 2.05) is 0 Å². The van der Waals surface area contributed by atoms with Crippen molar-refractivity contribution in [3.63, 3.8) is 0 Å². The van der Waals surface area contributed by atoms with Crippen LogP contribution in [0.3, 0.4) is 0 Å². The molecule has 2 aliphatic rings. The molecule has 6 nitrogen and oxygen atoms in total. The molecule has 0 radical (unpaired) electrons. The predicted octanol–water partition coefficient (Wildman–Crippen LogP) is 3.62. The number of nitrogens with zero attached hydrogens (tertiary/aromatic N) is 2. The SMILES string of the molecule is CCC1(O)C(=O)OCc2c1cc1n(c2=O)Cc2c-1nc1c(C)c(C)c(C)c(C)c1c2C. The second-order valence-corrected chi connectivity index (χ2v) is 8.89. The van der Waals surface area contributed by atoms with Gasteiger partial charge in [-0.05, 0) is 74.9 Å². The van der Waals surface area contributed by atoms with Gasteiger partial charge in [0.1, 0.15) is 6.61 Å². The van der Waals surface area contributed by atoms with Crippen LogP contribution in [0, 0.1) is 34.6 Å². The second-order valence-electron chi connectivity index (χ2n) is 8.89. The topological polar surface area (TPSA) is 81.4 Å². The molecule has 3 aromatic rings. The number of hydrogen-bond acceptors (Lipinski definition) is 5. The Kier molecular flexibility index (Phi) is 4.03. The maximum atomic E-state index is 13.4. The standard InChI is InChI=1S/C25H26N2O4/c1-7-25(30)18-8-19-22-16(9-27(19)23(28)17(18)10-31-24(25)29)15(6)20-13(4)11(2)12(3)14(5)21(20)26-22/h8,30H,7,9-10H2,1-6H3. The van der Waals surface area contributed by atoms with Gasteiger partial charge in [-0.3, -0.25) is 4.79 Å². The molecular weight excluding hydrogens is 392 g/mol. The fraction of sp³-hybridized carbons (Fsp3) is 0.400. The van der Waals surface area contributed by atoms with Gasteiger partial charge in [-0.1, -0.05) is 6.92 Å². The fourth-order valence-electron chi connectivity index (χ4n) is 5.22. The van der Waals surface area contributed by atoms with E-state index in [4.69, 9.17) is 9.72 Å². The van der Waals surface area contributed by atoms with E-state index < -0.39 is 11.6 Å². The molecule has 0 fully saturated rings. The smallest absolute Gasteiger partial charge is 0.343 e. The lowest BCUT2D eigenvalue weighted by molar-refractivity contribution is -0.172. The van der Waals surface area contributed by atoms with Gasteiger partial charge in [-0.15, -0.1) is 0 Å². The number of aryl methyl sites for hydroxylation is 3. The molecule has 1 aromatic carbocycles. The van der Waals surface area contributed by atoms with Crippen molar-refractivity contribution in [2.45, 2.75) is 66.7 Å². The lowest BCUT2D eigenvalue weighted by Gasteiger charge is -2.31. The van der Waals surface area contributed by atoms with Gasteiger partial charge in [0, 0.05) is 16.5 Å². The van der Waals surface area contributed by atoms with E-state index in [1.54, 1.807) is 17.6 Å². The number of fused-ring (bicyclic) bond motifs is 5. The molecule has 1 N–H and O–H groups in total. The van der Waals surface area contributed by atoms with E-state index >= 15 is 0 Å². The summed E-state index contributed by atoms with van der Waals surface area (Å²) >= 11 is 0. The van der Waals surface area contributed by atoms with E-state index in [1.165, 1.54) is 16.7 Å². The molecule has 0 amide bonds. The molecule has 2 aromatic heterocycles. The summed E-state index contributed by atoms with van der Waals surface area (Å²) in [5.74, 6) is -0.703. The normalized spacial score (nSPS) is 19.3. The summed E-state index contributed by atoms with van der Waals surface area (Å²) in [6.07, 6.45) is 0.134. The first-order chi connectivity index (χ1) is 14.6. The Balaban J connectivity index is 1.88. The number of benzene rings is 1.